The molecule has 0 saturated carbocycles. The minimum atomic E-state index is -0.252. The maximum Gasteiger partial charge on any atom is 0.254 e. The summed E-state index contributed by atoms with van der Waals surface area (Å²) in [5.74, 6) is 0.00968. The van der Waals surface area contributed by atoms with Crippen molar-refractivity contribution in [1.29, 1.82) is 0 Å². The van der Waals surface area contributed by atoms with Gasteiger partial charge in [-0.05, 0) is 19.1 Å². The van der Waals surface area contributed by atoms with Crippen LogP contribution < -0.4 is 0 Å². The third-order valence-corrected chi connectivity index (χ3v) is 2.89. The van der Waals surface area contributed by atoms with Crippen molar-refractivity contribution in [2.75, 3.05) is 26.3 Å². The number of nitrogens with zero attached hydrogens (tertiary/aromatic N) is 1. The molecule has 0 radical (unpaired) electrons. The number of hydrogen-bond acceptors (Lipinski definition) is 3. The molecule has 1 atom stereocenters. The molecule has 4 heteroatoms. The van der Waals surface area contributed by atoms with Crippen LogP contribution in [-0.2, 0) is 4.74 Å². The summed E-state index contributed by atoms with van der Waals surface area (Å²) in [4.78, 5) is 13.9. The van der Waals surface area contributed by atoms with Gasteiger partial charge in [-0.25, -0.2) is 0 Å². The van der Waals surface area contributed by atoms with E-state index in [1.54, 1.807) is 4.90 Å². The van der Waals surface area contributed by atoms with Gasteiger partial charge in [-0.2, -0.15) is 0 Å². The van der Waals surface area contributed by atoms with Crippen molar-refractivity contribution in [3.63, 3.8) is 0 Å². The molecule has 1 aliphatic heterocycles. The van der Waals surface area contributed by atoms with Crippen molar-refractivity contribution in [3.8, 4) is 0 Å². The highest BCUT2D eigenvalue weighted by atomic mass is 16.5. The van der Waals surface area contributed by atoms with Gasteiger partial charge in [0.2, 0.25) is 0 Å². The Hall–Kier alpha value is -1.39. The molecule has 4 nitrogen and oxygen atoms in total. The second-order valence-electron chi connectivity index (χ2n) is 4.30. The van der Waals surface area contributed by atoms with E-state index in [4.69, 9.17) is 9.84 Å². The van der Waals surface area contributed by atoms with E-state index in [0.29, 0.717) is 25.3 Å². The van der Waals surface area contributed by atoms with E-state index in [9.17, 15) is 4.79 Å². The molecule has 1 N–H and O–H groups in total. The first-order chi connectivity index (χ1) is 8.20. The summed E-state index contributed by atoms with van der Waals surface area (Å²) < 4.78 is 5.32. The second kappa shape index (κ2) is 5.29. The molecular weight excluding hydrogens is 218 g/mol. The highest BCUT2D eigenvalue weighted by Gasteiger charge is 2.24. The van der Waals surface area contributed by atoms with E-state index in [1.165, 1.54) is 0 Å². The Bertz CT molecular complexity index is 405. The first-order valence-electron chi connectivity index (χ1n) is 5.79. The number of aliphatic hydroxyl groups is 1. The van der Waals surface area contributed by atoms with Crippen LogP contribution in [0.25, 0.3) is 0 Å². The fourth-order valence-electron chi connectivity index (χ4n) is 1.97. The van der Waals surface area contributed by atoms with Gasteiger partial charge in [-0.3, -0.25) is 4.79 Å². The average molecular weight is 235 g/mol. The van der Waals surface area contributed by atoms with Crippen LogP contribution in [0.2, 0.25) is 0 Å². The third-order valence-electron chi connectivity index (χ3n) is 2.89. The molecule has 0 spiro atoms. The number of amides is 1. The second-order valence-corrected chi connectivity index (χ2v) is 4.30. The summed E-state index contributed by atoms with van der Waals surface area (Å²) in [6, 6.07) is 7.55. The summed E-state index contributed by atoms with van der Waals surface area (Å²) in [6.07, 6.45) is -0.252. The molecule has 1 saturated heterocycles. The minimum absolute atomic E-state index is 0.00968. The highest BCUT2D eigenvalue weighted by molar-refractivity contribution is 5.94. The smallest absolute Gasteiger partial charge is 0.254 e. The minimum Gasteiger partial charge on any atom is -0.394 e. The number of hydrogen-bond donors (Lipinski definition) is 1. The van der Waals surface area contributed by atoms with Crippen LogP contribution in [0.15, 0.2) is 24.3 Å². The lowest BCUT2D eigenvalue weighted by molar-refractivity contribution is -0.0447. The number of morpholine rings is 1. The fourth-order valence-corrected chi connectivity index (χ4v) is 1.97. The molecule has 1 aliphatic rings. The molecule has 0 aliphatic carbocycles. The predicted octanol–water partition coefficient (Wildman–Crippen LogP) is 0.828. The number of benzene rings is 1. The molecule has 2 rings (SSSR count). The quantitative estimate of drug-likeness (QED) is 0.826. The van der Waals surface area contributed by atoms with E-state index in [0.717, 1.165) is 5.56 Å². The van der Waals surface area contributed by atoms with Crippen LogP contribution in [0.1, 0.15) is 15.9 Å². The van der Waals surface area contributed by atoms with Crippen LogP contribution in [0.5, 0.6) is 0 Å². The number of aryl methyl sites for hydroxylation is 1. The van der Waals surface area contributed by atoms with Gasteiger partial charge >= 0.3 is 0 Å². The van der Waals surface area contributed by atoms with Gasteiger partial charge in [-0.15, -0.1) is 0 Å². The van der Waals surface area contributed by atoms with Crippen molar-refractivity contribution in [2.24, 2.45) is 0 Å². The van der Waals surface area contributed by atoms with Gasteiger partial charge in [0.1, 0.15) is 0 Å². The van der Waals surface area contributed by atoms with Crippen molar-refractivity contribution in [2.45, 2.75) is 13.0 Å². The standard InChI is InChI=1S/C13H17NO3/c1-10-3-2-4-11(7-10)13(16)14-5-6-17-12(8-14)9-15/h2-4,7,12,15H,5-6,8-9H2,1H3. The van der Waals surface area contributed by atoms with Crippen molar-refractivity contribution in [1.82, 2.24) is 4.90 Å². The lowest BCUT2D eigenvalue weighted by Gasteiger charge is -2.32. The number of rotatable bonds is 2. The number of carbonyl (C=O) groups excluding carboxylic acids is 1. The van der Waals surface area contributed by atoms with Crippen LogP contribution in [-0.4, -0.2) is 48.3 Å². The van der Waals surface area contributed by atoms with Gasteiger partial charge in [-0.1, -0.05) is 17.7 Å². The molecule has 1 aromatic carbocycles. The van der Waals surface area contributed by atoms with Crippen molar-refractivity contribution in [3.05, 3.63) is 35.4 Å². The van der Waals surface area contributed by atoms with Gasteiger partial charge in [0.15, 0.2) is 0 Å². The number of ether oxygens (including phenoxy) is 1. The zero-order valence-corrected chi connectivity index (χ0v) is 9.93. The zero-order chi connectivity index (χ0) is 12.3. The molecule has 92 valence electrons. The first kappa shape index (κ1) is 12.1. The molecule has 0 bridgehead atoms. The number of carbonyl (C=O) groups is 1. The SMILES string of the molecule is Cc1cccc(C(=O)N2CCOC(CO)C2)c1. The Balaban J connectivity index is 2.09. The fraction of sp³-hybridized carbons (Fsp3) is 0.462. The molecular formula is C13H17NO3. The molecule has 1 fully saturated rings. The summed E-state index contributed by atoms with van der Waals surface area (Å²) in [7, 11) is 0. The average Bonchev–Trinajstić information content (AvgIpc) is 2.38. The lowest BCUT2D eigenvalue weighted by Crippen LogP contribution is -2.46. The van der Waals surface area contributed by atoms with Gasteiger partial charge in [0, 0.05) is 18.7 Å². The normalized spacial score (nSPS) is 20.4. The highest BCUT2D eigenvalue weighted by Crippen LogP contribution is 2.11. The van der Waals surface area contributed by atoms with E-state index in [1.807, 2.05) is 31.2 Å². The monoisotopic (exact) mass is 235 g/mol. The Morgan fingerprint density at radius 3 is 3.12 bits per heavy atom. The molecule has 1 aromatic rings. The summed E-state index contributed by atoms with van der Waals surface area (Å²) >= 11 is 0. The molecule has 1 amide bonds. The maximum atomic E-state index is 12.2. The summed E-state index contributed by atoms with van der Waals surface area (Å²) in [5.41, 5.74) is 1.77. The molecule has 0 aromatic heterocycles. The van der Waals surface area contributed by atoms with Crippen LogP contribution in [0.4, 0.5) is 0 Å². The van der Waals surface area contributed by atoms with Gasteiger partial charge in [0.25, 0.3) is 5.91 Å². The first-order valence-corrected chi connectivity index (χ1v) is 5.79. The zero-order valence-electron chi connectivity index (χ0n) is 9.93. The van der Waals surface area contributed by atoms with E-state index in [2.05, 4.69) is 0 Å². The van der Waals surface area contributed by atoms with Crippen LogP contribution in [0, 0.1) is 6.92 Å². The van der Waals surface area contributed by atoms with E-state index in [-0.39, 0.29) is 18.6 Å². The largest absolute Gasteiger partial charge is 0.394 e. The Morgan fingerprint density at radius 1 is 1.59 bits per heavy atom. The van der Waals surface area contributed by atoms with Gasteiger partial charge < -0.3 is 14.7 Å². The van der Waals surface area contributed by atoms with Crippen molar-refractivity contribution >= 4 is 5.91 Å². The summed E-state index contributed by atoms with van der Waals surface area (Å²) in [5, 5.41) is 9.04. The van der Waals surface area contributed by atoms with E-state index >= 15 is 0 Å². The molecule has 17 heavy (non-hydrogen) atoms. The maximum absolute atomic E-state index is 12.2. The predicted molar refractivity (Wildman–Crippen MR) is 63.9 cm³/mol. The van der Waals surface area contributed by atoms with E-state index < -0.39 is 0 Å². The topological polar surface area (TPSA) is 49.8 Å². The van der Waals surface area contributed by atoms with Gasteiger partial charge in [0.05, 0.1) is 19.3 Å². The van der Waals surface area contributed by atoms with Crippen LogP contribution in [0.3, 0.4) is 0 Å². The molecule has 1 unspecified atom stereocenters. The Morgan fingerprint density at radius 2 is 2.41 bits per heavy atom. The molecule has 1 heterocycles. The Labute approximate surface area is 101 Å². The van der Waals surface area contributed by atoms with Crippen LogP contribution >= 0.6 is 0 Å². The Kier molecular flexibility index (Phi) is 3.76. The lowest BCUT2D eigenvalue weighted by atomic mass is 10.1. The number of aliphatic hydroxyl groups excluding tert-OH is 1. The summed E-state index contributed by atoms with van der Waals surface area (Å²) in [6.45, 7) is 3.46. The van der Waals surface area contributed by atoms with Crippen molar-refractivity contribution < 1.29 is 14.6 Å². The third kappa shape index (κ3) is 2.84.